The van der Waals surface area contributed by atoms with Crippen molar-refractivity contribution < 1.29 is 22.7 Å². The number of ketones is 1. The van der Waals surface area contributed by atoms with E-state index < -0.39 is 6.36 Å². The zero-order chi connectivity index (χ0) is 17.9. The number of ether oxygens (including phenoxy) is 1. The number of allylic oxidation sites excluding steroid dienone is 1. The zero-order valence-electron chi connectivity index (χ0n) is 12.7. The van der Waals surface area contributed by atoms with Gasteiger partial charge in [0.15, 0.2) is 5.78 Å². The molecule has 2 aromatic carbocycles. The number of rotatable bonds is 4. The van der Waals surface area contributed by atoms with Crippen LogP contribution in [0.2, 0.25) is 0 Å². The van der Waals surface area contributed by atoms with E-state index in [0.717, 1.165) is 23.2 Å². The number of carbonyl (C=O) groups excluding carboxylic acids is 1. The van der Waals surface area contributed by atoms with E-state index in [4.69, 9.17) is 0 Å². The van der Waals surface area contributed by atoms with Crippen molar-refractivity contribution >= 4 is 22.9 Å². The first-order chi connectivity index (χ1) is 11.9. The minimum atomic E-state index is -4.76. The maximum Gasteiger partial charge on any atom is 0.573 e. The van der Waals surface area contributed by atoms with Gasteiger partial charge in [-0.2, -0.15) is 0 Å². The highest BCUT2D eigenvalue weighted by Crippen LogP contribution is 2.23. The summed E-state index contributed by atoms with van der Waals surface area (Å²) in [5.41, 5.74) is 2.46. The third kappa shape index (κ3) is 4.41. The molecule has 0 amide bonds. The fourth-order valence-corrected chi connectivity index (χ4v) is 2.17. The van der Waals surface area contributed by atoms with Gasteiger partial charge >= 0.3 is 6.36 Å². The topological polar surface area (TPSA) is 52.1 Å². The molecule has 0 fully saturated rings. The molecule has 0 aliphatic heterocycles. The molecule has 0 aliphatic carbocycles. The summed E-state index contributed by atoms with van der Waals surface area (Å²) >= 11 is 0. The van der Waals surface area contributed by atoms with Crippen LogP contribution in [0.25, 0.3) is 17.1 Å². The van der Waals surface area contributed by atoms with Gasteiger partial charge < -0.3 is 4.74 Å². The molecule has 3 aromatic rings. The maximum absolute atomic E-state index is 12.1. The molecule has 0 unspecified atom stereocenters. The van der Waals surface area contributed by atoms with Crippen LogP contribution in [0.5, 0.6) is 5.75 Å². The largest absolute Gasteiger partial charge is 0.573 e. The summed E-state index contributed by atoms with van der Waals surface area (Å²) in [6.07, 6.45) is 1.36. The van der Waals surface area contributed by atoms with Crippen molar-refractivity contribution in [3.8, 4) is 5.75 Å². The van der Waals surface area contributed by atoms with Crippen LogP contribution < -0.4 is 4.74 Å². The number of alkyl halides is 3. The van der Waals surface area contributed by atoms with Crippen molar-refractivity contribution in [1.82, 2.24) is 9.97 Å². The van der Waals surface area contributed by atoms with Crippen molar-refractivity contribution in [3.63, 3.8) is 0 Å². The molecule has 7 heteroatoms. The van der Waals surface area contributed by atoms with Crippen molar-refractivity contribution in [2.24, 2.45) is 0 Å². The Kier molecular flexibility index (Phi) is 4.47. The predicted octanol–water partition coefficient (Wildman–Crippen LogP) is 4.42. The molecule has 0 aliphatic rings. The van der Waals surface area contributed by atoms with Gasteiger partial charge in [-0.1, -0.05) is 12.1 Å². The average molecular weight is 344 g/mol. The summed E-state index contributed by atoms with van der Waals surface area (Å²) in [6.45, 7) is 0. The average Bonchev–Trinajstić information content (AvgIpc) is 2.59. The molecule has 126 valence electrons. The van der Waals surface area contributed by atoms with E-state index in [-0.39, 0.29) is 17.1 Å². The fraction of sp³-hybridized carbons (Fsp3) is 0.0556. The second-order valence-electron chi connectivity index (χ2n) is 5.07. The second kappa shape index (κ2) is 6.72. The molecule has 0 radical (unpaired) electrons. The number of fused-ring (bicyclic) bond motifs is 1. The Labute approximate surface area is 140 Å². The van der Waals surface area contributed by atoms with E-state index in [0.29, 0.717) is 5.52 Å². The number of carbonyl (C=O) groups is 1. The summed E-state index contributed by atoms with van der Waals surface area (Å²) in [6, 6.07) is 10.1. The third-order valence-electron chi connectivity index (χ3n) is 3.29. The highest BCUT2D eigenvalue weighted by Gasteiger charge is 2.30. The lowest BCUT2D eigenvalue weighted by Crippen LogP contribution is -2.17. The highest BCUT2D eigenvalue weighted by molar-refractivity contribution is 6.07. The lowest BCUT2D eigenvalue weighted by molar-refractivity contribution is -0.274. The van der Waals surface area contributed by atoms with Gasteiger partial charge in [0.25, 0.3) is 0 Å². The van der Waals surface area contributed by atoms with Crippen molar-refractivity contribution in [3.05, 3.63) is 72.1 Å². The summed E-state index contributed by atoms with van der Waals surface area (Å²) in [5.74, 6) is -0.709. The molecular weight excluding hydrogens is 333 g/mol. The Balaban J connectivity index is 1.73. The Morgan fingerprint density at radius 2 is 1.64 bits per heavy atom. The SMILES string of the molecule is O=C(/C=C/c1ccc2nccnc2c1)c1ccc(OC(F)(F)F)cc1. The predicted molar refractivity (Wildman–Crippen MR) is 86.0 cm³/mol. The second-order valence-corrected chi connectivity index (χ2v) is 5.07. The number of benzene rings is 2. The number of nitrogens with zero attached hydrogens (tertiary/aromatic N) is 2. The van der Waals surface area contributed by atoms with Gasteiger partial charge in [-0.05, 0) is 48.0 Å². The minimum absolute atomic E-state index is 0.256. The smallest absolute Gasteiger partial charge is 0.406 e. The molecule has 0 saturated heterocycles. The Morgan fingerprint density at radius 3 is 2.32 bits per heavy atom. The standard InChI is InChI=1S/C18H11F3N2O2/c19-18(20,21)25-14-5-3-13(4-6-14)17(24)8-2-12-1-7-15-16(11-12)23-10-9-22-15/h1-11H/b8-2+. The summed E-state index contributed by atoms with van der Waals surface area (Å²) in [4.78, 5) is 20.4. The molecule has 0 spiro atoms. The number of hydrogen-bond acceptors (Lipinski definition) is 4. The summed E-state index contributed by atoms with van der Waals surface area (Å²) < 4.78 is 40.1. The van der Waals surface area contributed by atoms with E-state index >= 15 is 0 Å². The van der Waals surface area contributed by atoms with E-state index in [1.54, 1.807) is 36.7 Å². The van der Waals surface area contributed by atoms with E-state index in [1.807, 2.05) is 0 Å². The molecule has 0 N–H and O–H groups in total. The quantitative estimate of drug-likeness (QED) is 0.519. The van der Waals surface area contributed by atoms with Gasteiger partial charge in [0.05, 0.1) is 11.0 Å². The highest BCUT2D eigenvalue weighted by atomic mass is 19.4. The van der Waals surface area contributed by atoms with Gasteiger partial charge in [-0.15, -0.1) is 13.2 Å². The van der Waals surface area contributed by atoms with Crippen molar-refractivity contribution in [2.45, 2.75) is 6.36 Å². The van der Waals surface area contributed by atoms with Crippen LogP contribution in [-0.2, 0) is 0 Å². The van der Waals surface area contributed by atoms with Gasteiger partial charge in [-0.3, -0.25) is 14.8 Å². The molecule has 0 bridgehead atoms. The lowest BCUT2D eigenvalue weighted by Gasteiger charge is -2.08. The summed E-state index contributed by atoms with van der Waals surface area (Å²) in [7, 11) is 0. The van der Waals surface area contributed by atoms with Crippen LogP contribution in [0, 0.1) is 0 Å². The van der Waals surface area contributed by atoms with Gasteiger partial charge in [0.1, 0.15) is 5.75 Å². The molecule has 1 heterocycles. The first kappa shape index (κ1) is 16.6. The van der Waals surface area contributed by atoms with E-state index in [1.165, 1.54) is 18.2 Å². The van der Waals surface area contributed by atoms with Crippen LogP contribution >= 0.6 is 0 Å². The first-order valence-corrected chi connectivity index (χ1v) is 7.20. The first-order valence-electron chi connectivity index (χ1n) is 7.20. The van der Waals surface area contributed by atoms with Gasteiger partial charge in [0.2, 0.25) is 0 Å². The Hall–Kier alpha value is -3.22. The number of aromatic nitrogens is 2. The van der Waals surface area contributed by atoms with Crippen LogP contribution in [-0.4, -0.2) is 22.1 Å². The molecule has 3 rings (SSSR count). The molecule has 4 nitrogen and oxygen atoms in total. The van der Waals surface area contributed by atoms with Gasteiger partial charge in [0, 0.05) is 18.0 Å². The third-order valence-corrected chi connectivity index (χ3v) is 3.29. The van der Waals surface area contributed by atoms with Gasteiger partial charge in [-0.25, -0.2) is 0 Å². The number of hydrogen-bond donors (Lipinski definition) is 0. The number of halogens is 3. The molecule has 0 saturated carbocycles. The molecular formula is C18H11F3N2O2. The Bertz CT molecular complexity index is 935. The summed E-state index contributed by atoms with van der Waals surface area (Å²) in [5, 5.41) is 0. The van der Waals surface area contributed by atoms with Crippen LogP contribution in [0.1, 0.15) is 15.9 Å². The van der Waals surface area contributed by atoms with Crippen LogP contribution in [0.4, 0.5) is 13.2 Å². The minimum Gasteiger partial charge on any atom is -0.406 e. The van der Waals surface area contributed by atoms with Crippen LogP contribution in [0.15, 0.2) is 60.9 Å². The lowest BCUT2D eigenvalue weighted by atomic mass is 10.1. The van der Waals surface area contributed by atoms with E-state index in [9.17, 15) is 18.0 Å². The van der Waals surface area contributed by atoms with Crippen molar-refractivity contribution in [1.29, 1.82) is 0 Å². The molecule has 1 aromatic heterocycles. The normalized spacial score (nSPS) is 11.8. The van der Waals surface area contributed by atoms with Crippen molar-refractivity contribution in [2.75, 3.05) is 0 Å². The monoisotopic (exact) mass is 344 g/mol. The molecule has 25 heavy (non-hydrogen) atoms. The Morgan fingerprint density at radius 1 is 0.960 bits per heavy atom. The van der Waals surface area contributed by atoms with E-state index in [2.05, 4.69) is 14.7 Å². The van der Waals surface area contributed by atoms with Crippen LogP contribution in [0.3, 0.4) is 0 Å². The maximum atomic E-state index is 12.1. The fourth-order valence-electron chi connectivity index (χ4n) is 2.17. The zero-order valence-corrected chi connectivity index (χ0v) is 12.7. The molecule has 0 atom stereocenters.